The van der Waals surface area contributed by atoms with Gasteiger partial charge in [0.05, 0.1) is 12.2 Å². The van der Waals surface area contributed by atoms with E-state index in [1.165, 1.54) is 10.7 Å². The Hall–Kier alpha value is -2.84. The number of tetrazole rings is 1. The first-order valence-electron chi connectivity index (χ1n) is 7.96. The van der Waals surface area contributed by atoms with Crippen LogP contribution in [0.3, 0.4) is 0 Å². The molecule has 0 amide bonds. The van der Waals surface area contributed by atoms with E-state index >= 15 is 0 Å². The van der Waals surface area contributed by atoms with Gasteiger partial charge in [-0.3, -0.25) is 0 Å². The number of anilines is 1. The number of hydrogen-bond acceptors (Lipinski definition) is 6. The molecule has 0 saturated heterocycles. The summed E-state index contributed by atoms with van der Waals surface area (Å²) >= 11 is 0. The molecular weight excluding hydrogens is 332 g/mol. The number of esters is 1. The third-order valence-electron chi connectivity index (χ3n) is 3.85. The fourth-order valence-electron chi connectivity index (χ4n) is 2.82. The average Bonchev–Trinajstić information content (AvgIpc) is 3.04. The first-order chi connectivity index (χ1) is 12.1. The van der Waals surface area contributed by atoms with Crippen molar-refractivity contribution in [2.45, 2.75) is 32.7 Å². The number of benzene rings is 1. The lowest BCUT2D eigenvalue weighted by Gasteiger charge is -2.28. The highest BCUT2D eigenvalue weighted by Gasteiger charge is 2.36. The predicted octanol–water partition coefficient (Wildman–Crippen LogP) is 2.58. The Bertz CT molecular complexity index is 834. The Morgan fingerprint density at radius 3 is 2.80 bits per heavy atom. The molecule has 1 atom stereocenters. The normalized spacial score (nSPS) is 16.4. The van der Waals surface area contributed by atoms with Crippen molar-refractivity contribution in [1.82, 2.24) is 20.2 Å². The zero-order chi connectivity index (χ0) is 18.0. The van der Waals surface area contributed by atoms with E-state index in [-0.39, 0.29) is 12.2 Å². The number of allylic oxidation sites excluding steroid dienone is 1. The summed E-state index contributed by atoms with van der Waals surface area (Å²) in [5.41, 5.74) is 1.25. The van der Waals surface area contributed by atoms with Gasteiger partial charge in [-0.2, -0.15) is 4.68 Å². The molecule has 2 aromatic rings. The number of hydrogen-bond donors (Lipinski definition) is 1. The van der Waals surface area contributed by atoms with Crippen LogP contribution in [0, 0.1) is 11.6 Å². The molecule has 0 radical (unpaired) electrons. The van der Waals surface area contributed by atoms with Gasteiger partial charge in [0.2, 0.25) is 5.95 Å². The third kappa shape index (κ3) is 3.09. The molecule has 2 heterocycles. The maximum absolute atomic E-state index is 13.8. The standard InChI is InChI=1S/C16H17F2N5O2/c1-3-5-12-13(15(24)25-4-2)14(23-16(19-12)20-21-22-23)9-6-7-10(17)11(18)8-9/h6-8,14H,3-5H2,1-2H3,(H,19,20,22). The molecular formula is C16H17F2N5O2. The van der Waals surface area contributed by atoms with E-state index in [0.29, 0.717) is 23.6 Å². The number of aromatic nitrogens is 4. The number of nitrogens with one attached hydrogen (secondary N) is 1. The van der Waals surface area contributed by atoms with E-state index in [4.69, 9.17) is 4.74 Å². The van der Waals surface area contributed by atoms with E-state index < -0.39 is 23.6 Å². The largest absolute Gasteiger partial charge is 0.463 e. The minimum atomic E-state index is -1.01. The number of rotatable bonds is 5. The van der Waals surface area contributed by atoms with Crippen molar-refractivity contribution >= 4 is 11.9 Å². The first kappa shape index (κ1) is 17.0. The van der Waals surface area contributed by atoms with Crippen LogP contribution in [0.25, 0.3) is 0 Å². The summed E-state index contributed by atoms with van der Waals surface area (Å²) in [6.07, 6.45) is 1.32. The average molecular weight is 349 g/mol. The molecule has 0 aliphatic carbocycles. The monoisotopic (exact) mass is 349 g/mol. The summed E-state index contributed by atoms with van der Waals surface area (Å²) < 4.78 is 33.6. The molecule has 1 unspecified atom stereocenters. The van der Waals surface area contributed by atoms with Crippen molar-refractivity contribution in [1.29, 1.82) is 0 Å². The Morgan fingerprint density at radius 2 is 2.12 bits per heavy atom. The van der Waals surface area contributed by atoms with Crippen LogP contribution < -0.4 is 5.32 Å². The fraction of sp³-hybridized carbons (Fsp3) is 0.375. The molecule has 0 saturated carbocycles. The molecule has 1 aromatic heterocycles. The van der Waals surface area contributed by atoms with E-state index in [1.807, 2.05) is 6.92 Å². The molecule has 0 fully saturated rings. The Labute approximate surface area is 142 Å². The number of nitrogens with zero attached hydrogens (tertiary/aromatic N) is 4. The molecule has 9 heteroatoms. The van der Waals surface area contributed by atoms with Crippen molar-refractivity contribution in [2.24, 2.45) is 0 Å². The summed E-state index contributed by atoms with van der Waals surface area (Å²) in [6, 6.07) is 2.66. The van der Waals surface area contributed by atoms with Crippen molar-refractivity contribution in [3.05, 3.63) is 46.7 Å². The minimum absolute atomic E-state index is 0.189. The summed E-state index contributed by atoms with van der Waals surface area (Å²) in [7, 11) is 0. The van der Waals surface area contributed by atoms with Gasteiger partial charge in [-0.1, -0.05) is 24.5 Å². The lowest BCUT2D eigenvalue weighted by molar-refractivity contribution is -0.139. The maximum atomic E-state index is 13.8. The molecule has 1 aliphatic heterocycles. The number of halogens is 2. The van der Waals surface area contributed by atoms with E-state index in [1.54, 1.807) is 6.92 Å². The van der Waals surface area contributed by atoms with E-state index in [2.05, 4.69) is 20.8 Å². The summed E-state index contributed by atoms with van der Waals surface area (Å²) in [6.45, 7) is 3.85. The fourth-order valence-corrected chi connectivity index (χ4v) is 2.82. The molecule has 0 bridgehead atoms. The number of carbonyl (C=O) groups excluding carboxylic acids is 1. The van der Waals surface area contributed by atoms with Crippen LogP contribution in [0.1, 0.15) is 38.3 Å². The van der Waals surface area contributed by atoms with Crippen LogP contribution in [0.4, 0.5) is 14.7 Å². The minimum Gasteiger partial charge on any atom is -0.463 e. The van der Waals surface area contributed by atoms with Gasteiger partial charge in [0.25, 0.3) is 0 Å². The van der Waals surface area contributed by atoms with Gasteiger partial charge in [0.15, 0.2) is 11.6 Å². The van der Waals surface area contributed by atoms with Crippen LogP contribution in [0.15, 0.2) is 29.5 Å². The smallest absolute Gasteiger partial charge is 0.338 e. The Kier molecular flexibility index (Phi) is 4.73. The van der Waals surface area contributed by atoms with Crippen LogP contribution in [0.5, 0.6) is 0 Å². The summed E-state index contributed by atoms with van der Waals surface area (Å²) in [4.78, 5) is 12.6. The van der Waals surface area contributed by atoms with Crippen molar-refractivity contribution in [3.63, 3.8) is 0 Å². The first-order valence-corrected chi connectivity index (χ1v) is 7.96. The van der Waals surface area contributed by atoms with Gasteiger partial charge in [-0.15, -0.1) is 0 Å². The lowest BCUT2D eigenvalue weighted by Crippen LogP contribution is -2.30. The van der Waals surface area contributed by atoms with Crippen molar-refractivity contribution in [2.75, 3.05) is 11.9 Å². The zero-order valence-corrected chi connectivity index (χ0v) is 13.8. The molecule has 132 valence electrons. The number of ether oxygens (including phenoxy) is 1. The van der Waals surface area contributed by atoms with Crippen molar-refractivity contribution in [3.8, 4) is 0 Å². The van der Waals surface area contributed by atoms with Crippen LogP contribution in [0.2, 0.25) is 0 Å². The topological polar surface area (TPSA) is 81.9 Å². The highest BCUT2D eigenvalue weighted by Crippen LogP contribution is 2.36. The zero-order valence-electron chi connectivity index (χ0n) is 13.8. The van der Waals surface area contributed by atoms with Gasteiger partial charge < -0.3 is 10.1 Å². The third-order valence-corrected chi connectivity index (χ3v) is 3.85. The van der Waals surface area contributed by atoms with Gasteiger partial charge in [-0.25, -0.2) is 13.6 Å². The molecule has 1 N–H and O–H groups in total. The molecule has 7 nitrogen and oxygen atoms in total. The van der Waals surface area contributed by atoms with E-state index in [9.17, 15) is 13.6 Å². The highest BCUT2D eigenvalue weighted by atomic mass is 19.2. The molecule has 1 aromatic carbocycles. The predicted molar refractivity (Wildman–Crippen MR) is 84.5 cm³/mol. The second-order valence-corrected chi connectivity index (χ2v) is 5.51. The highest BCUT2D eigenvalue weighted by molar-refractivity contribution is 5.92. The van der Waals surface area contributed by atoms with Gasteiger partial charge in [-0.05, 0) is 41.5 Å². The number of carbonyl (C=O) groups is 1. The van der Waals surface area contributed by atoms with Crippen molar-refractivity contribution < 1.29 is 18.3 Å². The van der Waals surface area contributed by atoms with E-state index in [0.717, 1.165) is 18.6 Å². The summed E-state index contributed by atoms with van der Waals surface area (Å²) in [5, 5.41) is 14.4. The number of fused-ring (bicyclic) bond motifs is 1. The Balaban J connectivity index is 2.18. The van der Waals surface area contributed by atoms with Crippen LogP contribution in [-0.4, -0.2) is 32.8 Å². The molecule has 3 rings (SSSR count). The molecule has 0 spiro atoms. The van der Waals surface area contributed by atoms with Gasteiger partial charge >= 0.3 is 5.97 Å². The SMILES string of the molecule is CCCC1=C(C(=O)OCC)C(c2ccc(F)c(F)c2)n2nnnc2N1. The lowest BCUT2D eigenvalue weighted by atomic mass is 9.94. The Morgan fingerprint density at radius 1 is 1.32 bits per heavy atom. The van der Waals surface area contributed by atoms with Crippen LogP contribution in [-0.2, 0) is 9.53 Å². The van der Waals surface area contributed by atoms with Gasteiger partial charge in [0.1, 0.15) is 6.04 Å². The maximum Gasteiger partial charge on any atom is 0.338 e. The molecule has 25 heavy (non-hydrogen) atoms. The summed E-state index contributed by atoms with van der Waals surface area (Å²) in [5.74, 6) is -2.20. The van der Waals surface area contributed by atoms with Crippen LogP contribution >= 0.6 is 0 Å². The van der Waals surface area contributed by atoms with Gasteiger partial charge in [0, 0.05) is 5.70 Å². The molecule has 1 aliphatic rings. The second kappa shape index (κ2) is 6.96. The second-order valence-electron chi connectivity index (χ2n) is 5.51. The quantitative estimate of drug-likeness (QED) is 0.836.